The Bertz CT molecular complexity index is 538. The summed E-state index contributed by atoms with van der Waals surface area (Å²) >= 11 is 0. The van der Waals surface area contributed by atoms with Crippen molar-refractivity contribution in [3.63, 3.8) is 0 Å². The van der Waals surface area contributed by atoms with E-state index < -0.39 is 0 Å². The highest BCUT2D eigenvalue weighted by Gasteiger charge is 2.27. The molecule has 0 bridgehead atoms. The molecule has 3 rings (SSSR count). The first-order valence-electron chi connectivity index (χ1n) is 5.31. The number of imidazole rings is 1. The highest BCUT2D eigenvalue weighted by atomic mass is 19.1. The van der Waals surface area contributed by atoms with E-state index in [4.69, 9.17) is 0 Å². The minimum Gasteiger partial charge on any atom is -0.325 e. The van der Waals surface area contributed by atoms with Crippen LogP contribution < -0.4 is 0 Å². The van der Waals surface area contributed by atoms with Gasteiger partial charge in [0, 0.05) is 6.04 Å². The predicted molar refractivity (Wildman–Crippen MR) is 57.4 cm³/mol. The van der Waals surface area contributed by atoms with Crippen LogP contribution in [0.15, 0.2) is 12.1 Å². The van der Waals surface area contributed by atoms with Crippen LogP contribution in [0.4, 0.5) is 4.39 Å². The maximum absolute atomic E-state index is 13.6. The molecule has 2 aromatic rings. The van der Waals surface area contributed by atoms with Gasteiger partial charge in [-0.3, -0.25) is 0 Å². The van der Waals surface area contributed by atoms with Crippen molar-refractivity contribution in [3.8, 4) is 0 Å². The number of nitrogens with zero attached hydrogens (tertiary/aromatic N) is 2. The molecule has 1 saturated carbocycles. The van der Waals surface area contributed by atoms with Crippen LogP contribution in [0.25, 0.3) is 11.0 Å². The van der Waals surface area contributed by atoms with Crippen LogP contribution in [0.1, 0.15) is 30.3 Å². The Morgan fingerprint density at radius 1 is 1.33 bits per heavy atom. The van der Waals surface area contributed by atoms with E-state index in [1.54, 1.807) is 6.07 Å². The van der Waals surface area contributed by atoms with Crippen molar-refractivity contribution in [2.45, 2.75) is 32.7 Å². The summed E-state index contributed by atoms with van der Waals surface area (Å²) in [5.41, 5.74) is 2.43. The van der Waals surface area contributed by atoms with Gasteiger partial charge in [0.05, 0.1) is 5.52 Å². The average Bonchev–Trinajstić information content (AvgIpc) is 2.91. The molecule has 0 amide bonds. The topological polar surface area (TPSA) is 17.8 Å². The number of fused-ring (bicyclic) bond motifs is 1. The molecular formula is C12H13FN2. The molecule has 0 aliphatic heterocycles. The number of rotatable bonds is 1. The van der Waals surface area contributed by atoms with E-state index in [9.17, 15) is 4.39 Å². The average molecular weight is 204 g/mol. The van der Waals surface area contributed by atoms with Crippen LogP contribution in [-0.4, -0.2) is 9.55 Å². The van der Waals surface area contributed by atoms with E-state index in [0.717, 1.165) is 16.9 Å². The summed E-state index contributed by atoms with van der Waals surface area (Å²) in [5, 5.41) is 0. The van der Waals surface area contributed by atoms with Gasteiger partial charge in [0.25, 0.3) is 0 Å². The molecule has 1 fully saturated rings. The summed E-state index contributed by atoms with van der Waals surface area (Å²) < 4.78 is 15.8. The highest BCUT2D eigenvalue weighted by Crippen LogP contribution is 2.38. The fourth-order valence-corrected chi connectivity index (χ4v) is 2.19. The second kappa shape index (κ2) is 2.81. The maximum Gasteiger partial charge on any atom is 0.151 e. The summed E-state index contributed by atoms with van der Waals surface area (Å²) in [6.45, 7) is 3.87. The summed E-state index contributed by atoms with van der Waals surface area (Å²) in [7, 11) is 0. The molecule has 0 radical (unpaired) electrons. The van der Waals surface area contributed by atoms with E-state index in [0.29, 0.717) is 11.6 Å². The minimum absolute atomic E-state index is 0.201. The molecule has 1 aliphatic rings. The fraction of sp³-hybridized carbons (Fsp3) is 0.417. The first-order valence-corrected chi connectivity index (χ1v) is 5.31. The van der Waals surface area contributed by atoms with Crippen molar-refractivity contribution in [3.05, 3.63) is 29.3 Å². The summed E-state index contributed by atoms with van der Waals surface area (Å²) in [6, 6.07) is 4.12. The van der Waals surface area contributed by atoms with Gasteiger partial charge in [-0.1, -0.05) is 0 Å². The molecule has 0 unspecified atom stereocenters. The van der Waals surface area contributed by atoms with Gasteiger partial charge in [-0.25, -0.2) is 9.37 Å². The normalized spacial score (nSPS) is 16.2. The Kier molecular flexibility index (Phi) is 1.67. The maximum atomic E-state index is 13.6. The summed E-state index contributed by atoms with van der Waals surface area (Å²) in [5.74, 6) is 0.726. The number of hydrogen-bond acceptors (Lipinski definition) is 1. The predicted octanol–water partition coefficient (Wildman–Crippen LogP) is 3.13. The van der Waals surface area contributed by atoms with Crippen LogP contribution in [0, 0.1) is 19.7 Å². The van der Waals surface area contributed by atoms with E-state index >= 15 is 0 Å². The van der Waals surface area contributed by atoms with Gasteiger partial charge in [0.15, 0.2) is 5.82 Å². The second-order valence-electron chi connectivity index (χ2n) is 4.37. The van der Waals surface area contributed by atoms with Crippen molar-refractivity contribution in [2.75, 3.05) is 0 Å². The van der Waals surface area contributed by atoms with Gasteiger partial charge in [-0.2, -0.15) is 0 Å². The molecule has 1 aliphatic carbocycles. The van der Waals surface area contributed by atoms with E-state index in [1.807, 2.05) is 19.9 Å². The largest absolute Gasteiger partial charge is 0.325 e. The number of aromatic nitrogens is 2. The standard InChI is InChI=1S/C12H13FN2/c1-7-5-10(13)12-11(6-7)15(8(2)14-12)9-3-4-9/h5-6,9H,3-4H2,1-2H3. The van der Waals surface area contributed by atoms with Crippen molar-refractivity contribution in [2.24, 2.45) is 0 Å². The molecular weight excluding hydrogens is 191 g/mol. The quantitative estimate of drug-likeness (QED) is 0.697. The number of benzene rings is 1. The Morgan fingerprint density at radius 2 is 2.07 bits per heavy atom. The van der Waals surface area contributed by atoms with Crippen LogP contribution in [0.3, 0.4) is 0 Å². The monoisotopic (exact) mass is 204 g/mol. The van der Waals surface area contributed by atoms with Crippen molar-refractivity contribution in [1.82, 2.24) is 9.55 Å². The summed E-state index contributed by atoms with van der Waals surface area (Å²) in [6.07, 6.45) is 2.39. The van der Waals surface area contributed by atoms with E-state index in [-0.39, 0.29) is 5.82 Å². The van der Waals surface area contributed by atoms with Gasteiger partial charge in [-0.05, 0) is 44.4 Å². The van der Waals surface area contributed by atoms with Crippen LogP contribution in [-0.2, 0) is 0 Å². The lowest BCUT2D eigenvalue weighted by Gasteiger charge is -2.04. The van der Waals surface area contributed by atoms with Crippen molar-refractivity contribution >= 4 is 11.0 Å². The second-order valence-corrected chi connectivity index (χ2v) is 4.37. The number of halogens is 1. The summed E-state index contributed by atoms with van der Waals surface area (Å²) in [4.78, 5) is 4.30. The Labute approximate surface area is 87.7 Å². The lowest BCUT2D eigenvalue weighted by atomic mass is 10.2. The third kappa shape index (κ3) is 1.26. The van der Waals surface area contributed by atoms with Gasteiger partial charge in [0.2, 0.25) is 0 Å². The highest BCUT2D eigenvalue weighted by molar-refractivity contribution is 5.78. The molecule has 2 nitrogen and oxygen atoms in total. The zero-order chi connectivity index (χ0) is 10.6. The lowest BCUT2D eigenvalue weighted by Crippen LogP contribution is -1.96. The van der Waals surface area contributed by atoms with Crippen molar-refractivity contribution in [1.29, 1.82) is 0 Å². The first kappa shape index (κ1) is 8.89. The lowest BCUT2D eigenvalue weighted by molar-refractivity contribution is 0.636. The molecule has 1 aromatic heterocycles. The molecule has 0 N–H and O–H groups in total. The van der Waals surface area contributed by atoms with Crippen molar-refractivity contribution < 1.29 is 4.39 Å². The fourth-order valence-electron chi connectivity index (χ4n) is 2.19. The molecule has 1 aromatic carbocycles. The van der Waals surface area contributed by atoms with E-state index in [1.165, 1.54) is 12.8 Å². The SMILES string of the molecule is Cc1cc(F)c2nc(C)n(C3CC3)c2c1. The Hall–Kier alpha value is -1.38. The molecule has 0 atom stereocenters. The zero-order valence-electron chi connectivity index (χ0n) is 8.92. The Balaban J connectivity index is 2.38. The minimum atomic E-state index is -0.201. The molecule has 15 heavy (non-hydrogen) atoms. The first-order chi connectivity index (χ1) is 7.16. The Morgan fingerprint density at radius 3 is 2.73 bits per heavy atom. The van der Waals surface area contributed by atoms with E-state index in [2.05, 4.69) is 9.55 Å². The van der Waals surface area contributed by atoms with Gasteiger partial charge >= 0.3 is 0 Å². The zero-order valence-corrected chi connectivity index (χ0v) is 8.92. The number of aryl methyl sites for hydroxylation is 2. The molecule has 78 valence electrons. The van der Waals surface area contributed by atoms with Crippen LogP contribution >= 0.6 is 0 Å². The third-order valence-electron chi connectivity index (χ3n) is 2.98. The molecule has 0 saturated heterocycles. The molecule has 1 heterocycles. The van der Waals surface area contributed by atoms with Crippen LogP contribution in [0.5, 0.6) is 0 Å². The van der Waals surface area contributed by atoms with Gasteiger partial charge in [-0.15, -0.1) is 0 Å². The smallest absolute Gasteiger partial charge is 0.151 e. The molecule has 0 spiro atoms. The van der Waals surface area contributed by atoms with Crippen LogP contribution in [0.2, 0.25) is 0 Å². The third-order valence-corrected chi connectivity index (χ3v) is 2.98. The number of hydrogen-bond donors (Lipinski definition) is 0. The van der Waals surface area contributed by atoms with Gasteiger partial charge < -0.3 is 4.57 Å². The van der Waals surface area contributed by atoms with Gasteiger partial charge in [0.1, 0.15) is 11.3 Å². The molecule has 3 heteroatoms.